The maximum Gasteiger partial charge on any atom is 0.179 e. The van der Waals surface area contributed by atoms with Crippen molar-refractivity contribution in [2.75, 3.05) is 0 Å². The molecule has 0 saturated heterocycles. The number of nitrogens with one attached hydrogen (secondary N) is 1. The van der Waals surface area contributed by atoms with Gasteiger partial charge >= 0.3 is 0 Å². The molecule has 0 bridgehead atoms. The third kappa shape index (κ3) is 2.91. The Morgan fingerprint density at radius 2 is 2.18 bits per heavy atom. The van der Waals surface area contributed by atoms with Crippen LogP contribution in [0.4, 0.5) is 0 Å². The summed E-state index contributed by atoms with van der Waals surface area (Å²) in [6.07, 6.45) is 3.91. The van der Waals surface area contributed by atoms with Gasteiger partial charge in [-0.05, 0) is 13.0 Å². The lowest BCUT2D eigenvalue weighted by molar-refractivity contribution is -0.671. The number of nitrogens with zero attached hydrogens (tertiary/aromatic N) is 2. The van der Waals surface area contributed by atoms with Crippen molar-refractivity contribution in [3.05, 3.63) is 35.9 Å². The largest absolute Gasteiger partial charge is 1.00 e. The van der Waals surface area contributed by atoms with Crippen LogP contribution in [0.2, 0.25) is 0 Å². The summed E-state index contributed by atoms with van der Waals surface area (Å²) in [5.74, 6) is 0.721. The Kier molecular flexibility index (Phi) is 4.39. The van der Waals surface area contributed by atoms with Gasteiger partial charge in [0.25, 0.3) is 0 Å². The Balaban J connectivity index is 0.00000144. The van der Waals surface area contributed by atoms with Gasteiger partial charge in [-0.15, -0.1) is 0 Å². The molecule has 2 aromatic rings. The van der Waals surface area contributed by atoms with Crippen molar-refractivity contribution in [3.63, 3.8) is 0 Å². The highest BCUT2D eigenvalue weighted by atomic mass is 127. The quantitative estimate of drug-likeness (QED) is 0.406. The SMILES string of the molecule is CC(=O)c1nc(-c2ccc[n+](C)c2)[nH]c1C.[I-]. The summed E-state index contributed by atoms with van der Waals surface area (Å²) in [4.78, 5) is 18.7. The van der Waals surface area contributed by atoms with Crippen LogP contribution in [0.1, 0.15) is 23.1 Å². The fourth-order valence-electron chi connectivity index (χ4n) is 1.67. The number of ketones is 1. The predicted molar refractivity (Wildman–Crippen MR) is 59.9 cm³/mol. The molecule has 0 radical (unpaired) electrons. The van der Waals surface area contributed by atoms with E-state index in [-0.39, 0.29) is 29.8 Å². The van der Waals surface area contributed by atoms with Crippen LogP contribution in [0.15, 0.2) is 24.5 Å². The summed E-state index contributed by atoms with van der Waals surface area (Å²) in [5.41, 5.74) is 2.30. The van der Waals surface area contributed by atoms with Gasteiger partial charge in [-0.25, -0.2) is 9.55 Å². The molecule has 90 valence electrons. The zero-order chi connectivity index (χ0) is 11.7. The van der Waals surface area contributed by atoms with Crippen molar-refractivity contribution in [1.82, 2.24) is 9.97 Å². The lowest BCUT2D eigenvalue weighted by Gasteiger charge is -1.93. The van der Waals surface area contributed by atoms with Crippen LogP contribution < -0.4 is 28.5 Å². The molecule has 2 rings (SSSR count). The van der Waals surface area contributed by atoms with E-state index in [0.717, 1.165) is 17.1 Å². The minimum absolute atomic E-state index is 0. The molecule has 0 saturated carbocycles. The van der Waals surface area contributed by atoms with E-state index >= 15 is 0 Å². The monoisotopic (exact) mass is 343 g/mol. The van der Waals surface area contributed by atoms with E-state index < -0.39 is 0 Å². The van der Waals surface area contributed by atoms with Crippen molar-refractivity contribution < 1.29 is 33.3 Å². The van der Waals surface area contributed by atoms with Crippen LogP contribution in [0.5, 0.6) is 0 Å². The number of carbonyl (C=O) groups excluding carboxylic acids is 1. The number of halogens is 1. The molecule has 0 atom stereocenters. The van der Waals surface area contributed by atoms with Gasteiger partial charge in [0.2, 0.25) is 0 Å². The number of carbonyl (C=O) groups is 1. The van der Waals surface area contributed by atoms with Gasteiger partial charge in [-0.2, -0.15) is 0 Å². The molecule has 0 aliphatic rings. The van der Waals surface area contributed by atoms with E-state index in [0.29, 0.717) is 5.69 Å². The molecule has 0 unspecified atom stereocenters. The molecular weight excluding hydrogens is 329 g/mol. The number of imidazole rings is 1. The van der Waals surface area contributed by atoms with E-state index in [1.807, 2.05) is 43.1 Å². The molecular formula is C12H14IN3O. The first-order chi connectivity index (χ1) is 7.58. The molecule has 2 heterocycles. The summed E-state index contributed by atoms with van der Waals surface area (Å²) in [6.45, 7) is 3.38. The molecule has 17 heavy (non-hydrogen) atoms. The highest BCUT2D eigenvalue weighted by molar-refractivity contribution is 5.93. The maximum atomic E-state index is 11.3. The number of aryl methyl sites for hydroxylation is 2. The predicted octanol–water partition coefficient (Wildman–Crippen LogP) is -1.58. The number of aromatic amines is 1. The van der Waals surface area contributed by atoms with Crippen LogP contribution in [0.3, 0.4) is 0 Å². The fraction of sp³-hybridized carbons (Fsp3) is 0.250. The Hall–Kier alpha value is -1.24. The molecule has 0 aliphatic carbocycles. The van der Waals surface area contributed by atoms with E-state index in [1.54, 1.807) is 0 Å². The smallest absolute Gasteiger partial charge is 0.179 e. The van der Waals surface area contributed by atoms with E-state index in [1.165, 1.54) is 6.92 Å². The van der Waals surface area contributed by atoms with Gasteiger partial charge < -0.3 is 29.0 Å². The highest BCUT2D eigenvalue weighted by Crippen LogP contribution is 2.16. The number of pyridine rings is 1. The van der Waals surface area contributed by atoms with Crippen LogP contribution >= 0.6 is 0 Å². The third-order valence-corrected chi connectivity index (χ3v) is 2.43. The molecule has 0 amide bonds. The normalized spacial score (nSPS) is 9.82. The van der Waals surface area contributed by atoms with E-state index in [9.17, 15) is 4.79 Å². The van der Waals surface area contributed by atoms with Crippen LogP contribution in [0.25, 0.3) is 11.4 Å². The standard InChI is InChI=1S/C12H13N3O.HI/c1-8-11(9(2)16)14-12(13-8)10-5-4-6-15(3)7-10;/h4-7H,1-3H3;1H. The van der Waals surface area contributed by atoms with E-state index in [4.69, 9.17) is 0 Å². The van der Waals surface area contributed by atoms with Gasteiger partial charge in [-0.1, -0.05) is 0 Å². The second-order valence-corrected chi connectivity index (χ2v) is 3.87. The second kappa shape index (κ2) is 5.39. The van der Waals surface area contributed by atoms with Crippen molar-refractivity contribution in [1.29, 1.82) is 0 Å². The summed E-state index contributed by atoms with van der Waals surface area (Å²) in [6, 6.07) is 3.91. The summed E-state index contributed by atoms with van der Waals surface area (Å²) in [7, 11) is 1.95. The van der Waals surface area contributed by atoms with Gasteiger partial charge in [0.05, 0.1) is 5.56 Å². The number of hydrogen-bond acceptors (Lipinski definition) is 2. The average Bonchev–Trinajstić information content (AvgIpc) is 2.60. The summed E-state index contributed by atoms with van der Waals surface area (Å²) < 4.78 is 1.95. The first-order valence-corrected chi connectivity index (χ1v) is 5.11. The van der Waals surface area contributed by atoms with Gasteiger partial charge in [0.1, 0.15) is 18.6 Å². The average molecular weight is 343 g/mol. The van der Waals surface area contributed by atoms with Crippen molar-refractivity contribution >= 4 is 5.78 Å². The zero-order valence-electron chi connectivity index (χ0n) is 9.99. The minimum Gasteiger partial charge on any atom is -1.00 e. The summed E-state index contributed by atoms with van der Waals surface area (Å²) >= 11 is 0. The minimum atomic E-state index is -0.0136. The number of hydrogen-bond donors (Lipinski definition) is 1. The topological polar surface area (TPSA) is 49.6 Å². The molecule has 0 spiro atoms. The zero-order valence-corrected chi connectivity index (χ0v) is 12.1. The first kappa shape index (κ1) is 13.8. The number of aromatic nitrogens is 3. The Morgan fingerprint density at radius 1 is 1.47 bits per heavy atom. The van der Waals surface area contributed by atoms with Crippen molar-refractivity contribution in [2.45, 2.75) is 13.8 Å². The number of rotatable bonds is 2. The molecule has 4 nitrogen and oxygen atoms in total. The Morgan fingerprint density at radius 3 is 2.71 bits per heavy atom. The van der Waals surface area contributed by atoms with Crippen molar-refractivity contribution in [3.8, 4) is 11.4 Å². The second-order valence-electron chi connectivity index (χ2n) is 3.87. The van der Waals surface area contributed by atoms with Gasteiger partial charge in [0, 0.05) is 18.7 Å². The lowest BCUT2D eigenvalue weighted by atomic mass is 10.2. The Labute approximate surface area is 117 Å². The number of Topliss-reactive ketones (excluding diaryl/α,β-unsaturated/α-hetero) is 1. The van der Waals surface area contributed by atoms with Gasteiger partial charge in [-0.3, -0.25) is 4.79 Å². The maximum absolute atomic E-state index is 11.3. The number of H-pyrrole nitrogens is 1. The molecule has 2 aromatic heterocycles. The van der Waals surface area contributed by atoms with Crippen LogP contribution in [-0.4, -0.2) is 15.8 Å². The first-order valence-electron chi connectivity index (χ1n) is 5.11. The highest BCUT2D eigenvalue weighted by Gasteiger charge is 2.13. The summed E-state index contributed by atoms with van der Waals surface area (Å²) in [5, 5.41) is 0. The lowest BCUT2D eigenvalue weighted by Crippen LogP contribution is -3.00. The third-order valence-electron chi connectivity index (χ3n) is 2.43. The molecule has 5 heteroatoms. The molecule has 0 aromatic carbocycles. The molecule has 1 N–H and O–H groups in total. The van der Waals surface area contributed by atoms with Crippen LogP contribution in [-0.2, 0) is 7.05 Å². The fourth-order valence-corrected chi connectivity index (χ4v) is 1.67. The van der Waals surface area contributed by atoms with Crippen LogP contribution in [0, 0.1) is 6.92 Å². The van der Waals surface area contributed by atoms with Crippen molar-refractivity contribution in [2.24, 2.45) is 7.05 Å². The van der Waals surface area contributed by atoms with Gasteiger partial charge in [0.15, 0.2) is 18.2 Å². The molecule has 0 aliphatic heterocycles. The van der Waals surface area contributed by atoms with E-state index in [2.05, 4.69) is 9.97 Å². The molecule has 0 fully saturated rings. The Bertz CT molecular complexity index is 548.